The maximum Gasteiger partial charge on any atom is 0.300 e. The van der Waals surface area contributed by atoms with E-state index in [9.17, 15) is 19.1 Å². The van der Waals surface area contributed by atoms with Crippen molar-refractivity contribution in [2.45, 2.75) is 13.0 Å². The van der Waals surface area contributed by atoms with Gasteiger partial charge in [-0.25, -0.2) is 4.39 Å². The van der Waals surface area contributed by atoms with E-state index in [4.69, 9.17) is 4.74 Å². The van der Waals surface area contributed by atoms with E-state index in [0.29, 0.717) is 21.5 Å². The second kappa shape index (κ2) is 8.59. The topological polar surface area (TPSA) is 66.8 Å². The van der Waals surface area contributed by atoms with Crippen molar-refractivity contribution in [3.8, 4) is 5.75 Å². The number of hydrogen-bond donors (Lipinski definition) is 1. The van der Waals surface area contributed by atoms with Crippen LogP contribution in [0.2, 0.25) is 0 Å². The number of methoxy groups -OCH3 is 1. The SMILES string of the molecule is COc1ccc(/C(O)=C2\C(=O)C(=O)N(c3cccc(C)c3)C2c2ccccc2F)cc1Br. The van der Waals surface area contributed by atoms with E-state index in [1.807, 2.05) is 13.0 Å². The van der Waals surface area contributed by atoms with Gasteiger partial charge in [-0.3, -0.25) is 14.5 Å². The van der Waals surface area contributed by atoms with Crippen LogP contribution in [0, 0.1) is 12.7 Å². The molecule has 1 atom stereocenters. The van der Waals surface area contributed by atoms with Gasteiger partial charge in [-0.05, 0) is 64.8 Å². The summed E-state index contributed by atoms with van der Waals surface area (Å²) >= 11 is 3.36. The molecular formula is C25H19BrFNO4. The second-order valence-electron chi connectivity index (χ2n) is 7.38. The molecule has 0 aromatic heterocycles. The van der Waals surface area contributed by atoms with Crippen LogP contribution in [0.4, 0.5) is 10.1 Å². The lowest BCUT2D eigenvalue weighted by atomic mass is 9.94. The Kier molecular flexibility index (Phi) is 5.84. The molecule has 3 aromatic rings. The number of aliphatic hydroxyl groups is 1. The van der Waals surface area contributed by atoms with E-state index in [2.05, 4.69) is 15.9 Å². The molecule has 0 radical (unpaired) electrons. The predicted octanol–water partition coefficient (Wildman–Crippen LogP) is 5.53. The summed E-state index contributed by atoms with van der Waals surface area (Å²) in [5, 5.41) is 11.1. The van der Waals surface area contributed by atoms with E-state index in [1.165, 1.54) is 30.2 Å². The van der Waals surface area contributed by atoms with E-state index >= 15 is 0 Å². The van der Waals surface area contributed by atoms with E-state index in [1.54, 1.807) is 42.5 Å². The van der Waals surface area contributed by atoms with Gasteiger partial charge < -0.3 is 9.84 Å². The Labute approximate surface area is 192 Å². The highest BCUT2D eigenvalue weighted by Crippen LogP contribution is 2.43. The first-order valence-corrected chi connectivity index (χ1v) is 10.6. The van der Waals surface area contributed by atoms with Gasteiger partial charge in [0.05, 0.1) is 23.2 Å². The van der Waals surface area contributed by atoms with Crippen molar-refractivity contribution in [2.24, 2.45) is 0 Å². The van der Waals surface area contributed by atoms with Crippen molar-refractivity contribution in [1.29, 1.82) is 0 Å². The van der Waals surface area contributed by atoms with Crippen LogP contribution >= 0.6 is 15.9 Å². The van der Waals surface area contributed by atoms with Crippen LogP contribution in [-0.4, -0.2) is 23.9 Å². The number of halogens is 2. The van der Waals surface area contributed by atoms with Gasteiger partial charge in [0.2, 0.25) is 0 Å². The summed E-state index contributed by atoms with van der Waals surface area (Å²) in [4.78, 5) is 27.5. The van der Waals surface area contributed by atoms with Crippen molar-refractivity contribution in [2.75, 3.05) is 12.0 Å². The third-order valence-electron chi connectivity index (χ3n) is 5.35. The van der Waals surface area contributed by atoms with Gasteiger partial charge in [0.25, 0.3) is 11.7 Å². The molecule has 162 valence electrons. The number of Topliss-reactive ketones (excluding diaryl/α,β-unsaturated/α-hetero) is 1. The number of nitrogens with zero attached hydrogens (tertiary/aromatic N) is 1. The molecule has 32 heavy (non-hydrogen) atoms. The Morgan fingerprint density at radius 2 is 1.81 bits per heavy atom. The van der Waals surface area contributed by atoms with Crippen molar-refractivity contribution < 1.29 is 23.8 Å². The quantitative estimate of drug-likeness (QED) is 0.293. The maximum atomic E-state index is 14.9. The summed E-state index contributed by atoms with van der Waals surface area (Å²) in [6.45, 7) is 1.85. The van der Waals surface area contributed by atoms with E-state index in [0.717, 1.165) is 5.56 Å². The minimum atomic E-state index is -1.13. The molecule has 5 nitrogen and oxygen atoms in total. The van der Waals surface area contributed by atoms with Gasteiger partial charge in [0, 0.05) is 16.8 Å². The summed E-state index contributed by atoms with van der Waals surface area (Å²) in [6, 6.07) is 16.6. The monoisotopic (exact) mass is 495 g/mol. The fourth-order valence-corrected chi connectivity index (χ4v) is 4.38. The molecule has 1 N–H and O–H groups in total. The Balaban J connectivity index is 1.97. The first-order valence-electron chi connectivity index (χ1n) is 9.79. The third-order valence-corrected chi connectivity index (χ3v) is 5.97. The largest absolute Gasteiger partial charge is 0.507 e. The molecule has 1 heterocycles. The predicted molar refractivity (Wildman–Crippen MR) is 123 cm³/mol. The molecule has 1 amide bonds. The van der Waals surface area contributed by atoms with Crippen LogP contribution in [-0.2, 0) is 9.59 Å². The van der Waals surface area contributed by atoms with Crippen LogP contribution in [0.25, 0.3) is 5.76 Å². The Bertz CT molecular complexity index is 1270. The highest BCUT2D eigenvalue weighted by Gasteiger charge is 2.47. The number of aliphatic hydroxyl groups excluding tert-OH is 1. The number of benzene rings is 3. The van der Waals surface area contributed by atoms with Crippen molar-refractivity contribution in [1.82, 2.24) is 0 Å². The van der Waals surface area contributed by atoms with Crippen molar-refractivity contribution in [3.63, 3.8) is 0 Å². The standard InChI is InChI=1S/C25H19BrFNO4/c1-14-6-5-7-16(12-14)28-22(17-8-3-4-9-19(17)27)21(24(30)25(28)31)23(29)15-10-11-20(32-2)18(26)13-15/h3-13,22,29H,1-2H3/b23-21+. The number of rotatable bonds is 4. The molecule has 1 fully saturated rings. The average Bonchev–Trinajstić information content (AvgIpc) is 3.04. The first kappa shape index (κ1) is 21.8. The van der Waals surface area contributed by atoms with Crippen LogP contribution in [0.1, 0.15) is 22.7 Å². The molecule has 7 heteroatoms. The zero-order valence-electron chi connectivity index (χ0n) is 17.3. The Morgan fingerprint density at radius 3 is 2.47 bits per heavy atom. The first-order chi connectivity index (χ1) is 15.3. The minimum Gasteiger partial charge on any atom is -0.507 e. The van der Waals surface area contributed by atoms with Gasteiger partial charge in [-0.1, -0.05) is 30.3 Å². The fourth-order valence-electron chi connectivity index (χ4n) is 3.84. The van der Waals surface area contributed by atoms with Gasteiger partial charge >= 0.3 is 0 Å². The second-order valence-corrected chi connectivity index (χ2v) is 8.23. The average molecular weight is 496 g/mol. The summed E-state index contributed by atoms with van der Waals surface area (Å²) in [5.41, 5.74) is 1.54. The minimum absolute atomic E-state index is 0.113. The number of anilines is 1. The number of ketones is 1. The van der Waals surface area contributed by atoms with Crippen LogP contribution in [0.3, 0.4) is 0 Å². The summed E-state index contributed by atoms with van der Waals surface area (Å²) in [7, 11) is 1.51. The molecule has 1 aliphatic heterocycles. The highest BCUT2D eigenvalue weighted by atomic mass is 79.9. The number of aryl methyl sites for hydroxylation is 1. The smallest absolute Gasteiger partial charge is 0.300 e. The molecule has 0 spiro atoms. The summed E-state index contributed by atoms with van der Waals surface area (Å²) < 4.78 is 20.7. The number of amides is 1. The number of carbonyl (C=O) groups excluding carboxylic acids is 2. The van der Waals surface area contributed by atoms with Crippen LogP contribution in [0.15, 0.2) is 76.8 Å². The number of ether oxygens (including phenoxy) is 1. The zero-order valence-corrected chi connectivity index (χ0v) is 18.9. The lowest BCUT2D eigenvalue weighted by Gasteiger charge is -2.26. The van der Waals surface area contributed by atoms with Crippen molar-refractivity contribution >= 4 is 39.1 Å². The van der Waals surface area contributed by atoms with Gasteiger partial charge in [0.15, 0.2) is 0 Å². The highest BCUT2D eigenvalue weighted by molar-refractivity contribution is 9.10. The Morgan fingerprint density at radius 1 is 1.06 bits per heavy atom. The van der Waals surface area contributed by atoms with Gasteiger partial charge in [-0.15, -0.1) is 0 Å². The van der Waals surface area contributed by atoms with E-state index in [-0.39, 0.29) is 11.1 Å². The molecular weight excluding hydrogens is 477 g/mol. The zero-order chi connectivity index (χ0) is 23.0. The van der Waals surface area contributed by atoms with Crippen molar-refractivity contribution in [3.05, 3.63) is 99.3 Å². The maximum absolute atomic E-state index is 14.9. The fraction of sp³-hybridized carbons (Fsp3) is 0.120. The molecule has 1 saturated heterocycles. The van der Waals surface area contributed by atoms with E-state index < -0.39 is 29.3 Å². The molecule has 1 unspecified atom stereocenters. The molecule has 4 rings (SSSR count). The van der Waals surface area contributed by atoms with Gasteiger partial charge in [0.1, 0.15) is 17.3 Å². The lowest BCUT2D eigenvalue weighted by molar-refractivity contribution is -0.132. The lowest BCUT2D eigenvalue weighted by Crippen LogP contribution is -2.29. The van der Waals surface area contributed by atoms with Crippen LogP contribution in [0.5, 0.6) is 5.75 Å². The molecule has 0 bridgehead atoms. The number of hydrogen-bond acceptors (Lipinski definition) is 4. The summed E-state index contributed by atoms with van der Waals surface area (Å²) in [6.07, 6.45) is 0. The third kappa shape index (κ3) is 3.69. The van der Waals surface area contributed by atoms with Crippen LogP contribution < -0.4 is 9.64 Å². The number of carbonyl (C=O) groups is 2. The molecule has 1 aliphatic rings. The normalized spacial score (nSPS) is 17.6. The van der Waals surface area contributed by atoms with Gasteiger partial charge in [-0.2, -0.15) is 0 Å². The molecule has 3 aromatic carbocycles. The molecule has 0 aliphatic carbocycles. The molecule has 0 saturated carbocycles. The summed E-state index contributed by atoms with van der Waals surface area (Å²) in [5.74, 6) is -2.16. The Hall–Kier alpha value is -3.45.